The Morgan fingerprint density at radius 3 is 2.52 bits per heavy atom. The molecule has 0 unspecified atom stereocenters. The van der Waals surface area contributed by atoms with Crippen LogP contribution in [0.1, 0.15) is 29.2 Å². The van der Waals surface area contributed by atoms with Gasteiger partial charge in [-0.3, -0.25) is 10.3 Å². The summed E-state index contributed by atoms with van der Waals surface area (Å²) in [6, 6.07) is 11.9. The predicted molar refractivity (Wildman–Crippen MR) is 111 cm³/mol. The molecule has 0 amide bonds. The van der Waals surface area contributed by atoms with E-state index < -0.39 is 11.7 Å². The molecule has 0 radical (unpaired) electrons. The Balaban J connectivity index is 2.26. The van der Waals surface area contributed by atoms with E-state index in [0.717, 1.165) is 12.1 Å². The van der Waals surface area contributed by atoms with E-state index in [2.05, 4.69) is 20.6 Å². The number of alkyl halides is 3. The molecule has 1 N–H and O–H groups in total. The Morgan fingerprint density at radius 1 is 1.13 bits per heavy atom. The number of hydrogen-bond donors (Lipinski definition) is 1. The average molecular weight is 431 g/mol. The van der Waals surface area contributed by atoms with Crippen LogP contribution in [0.15, 0.2) is 63.8 Å². The van der Waals surface area contributed by atoms with Crippen LogP contribution in [0.3, 0.4) is 0 Å². The first-order valence-electron chi connectivity index (χ1n) is 8.97. The minimum absolute atomic E-state index is 0.00123. The van der Waals surface area contributed by atoms with Crippen molar-refractivity contribution in [2.45, 2.75) is 19.7 Å². The minimum Gasteiger partial charge on any atom is -0.399 e. The Kier molecular flexibility index (Phi) is 8.14. The zero-order valence-corrected chi connectivity index (χ0v) is 17.1. The molecule has 0 bridgehead atoms. The number of amidine groups is 1. The number of oxime groups is 2. The van der Waals surface area contributed by atoms with Crippen LogP contribution in [0.2, 0.25) is 0 Å². The number of benzene rings is 2. The fourth-order valence-corrected chi connectivity index (χ4v) is 2.63. The normalized spacial score (nSPS) is 12.9. The Morgan fingerprint density at radius 2 is 1.87 bits per heavy atom. The van der Waals surface area contributed by atoms with Crippen LogP contribution in [-0.4, -0.2) is 31.4 Å². The van der Waals surface area contributed by atoms with E-state index in [1.165, 1.54) is 26.3 Å². The monoisotopic (exact) mass is 431 g/mol. The fraction of sp³-hybridized carbons (Fsp3) is 0.238. The van der Waals surface area contributed by atoms with Gasteiger partial charge in [0.1, 0.15) is 13.7 Å². The summed E-state index contributed by atoms with van der Waals surface area (Å²) in [5.74, 6) is 0.195. The van der Waals surface area contributed by atoms with Crippen LogP contribution in [0.4, 0.5) is 13.2 Å². The summed E-state index contributed by atoms with van der Waals surface area (Å²) in [6.45, 7) is 1.55. The predicted octanol–water partition coefficient (Wildman–Crippen LogP) is 4.10. The summed E-state index contributed by atoms with van der Waals surface area (Å²) in [4.78, 5) is 14.3. The third-order valence-electron chi connectivity index (χ3n) is 4.11. The zero-order chi connectivity index (χ0) is 22.9. The smallest absolute Gasteiger partial charge is 0.399 e. The SMILES string of the molecule is C/N=C(NC#N)\C(=N\OC)c1ccccc1CO/N=C(/C)c1cccc(C(F)(F)F)c1. The van der Waals surface area contributed by atoms with Gasteiger partial charge in [0.05, 0.1) is 11.3 Å². The van der Waals surface area contributed by atoms with Crippen molar-refractivity contribution in [3.63, 3.8) is 0 Å². The number of nitrogens with zero attached hydrogens (tertiary/aromatic N) is 4. The molecule has 0 heterocycles. The first-order valence-corrected chi connectivity index (χ1v) is 8.97. The third kappa shape index (κ3) is 6.30. The van der Waals surface area contributed by atoms with Crippen LogP contribution in [0.25, 0.3) is 0 Å². The maximum Gasteiger partial charge on any atom is 0.416 e. The molecule has 10 heteroatoms. The Hall–Kier alpha value is -3.87. The molecule has 0 aromatic heterocycles. The molecule has 0 aliphatic carbocycles. The van der Waals surface area contributed by atoms with Crippen molar-refractivity contribution in [2.75, 3.05) is 14.2 Å². The molecule has 7 nitrogen and oxygen atoms in total. The number of halogens is 3. The second-order valence-electron chi connectivity index (χ2n) is 6.12. The zero-order valence-electron chi connectivity index (χ0n) is 17.1. The lowest BCUT2D eigenvalue weighted by Gasteiger charge is -2.12. The van der Waals surface area contributed by atoms with E-state index in [4.69, 9.17) is 14.9 Å². The highest BCUT2D eigenvalue weighted by Crippen LogP contribution is 2.29. The van der Waals surface area contributed by atoms with Crippen LogP contribution in [0.5, 0.6) is 0 Å². The molecule has 31 heavy (non-hydrogen) atoms. The van der Waals surface area contributed by atoms with Crippen molar-refractivity contribution in [3.8, 4) is 6.19 Å². The average Bonchev–Trinajstić information content (AvgIpc) is 2.76. The van der Waals surface area contributed by atoms with Crippen LogP contribution >= 0.6 is 0 Å². The van der Waals surface area contributed by atoms with Crippen molar-refractivity contribution < 1.29 is 22.8 Å². The summed E-state index contributed by atoms with van der Waals surface area (Å²) in [5.41, 5.74) is 1.34. The molecule has 0 saturated carbocycles. The van der Waals surface area contributed by atoms with Crippen molar-refractivity contribution in [1.29, 1.82) is 5.26 Å². The topological polar surface area (TPSA) is 91.4 Å². The number of aliphatic imine (C=N–C) groups is 1. The van der Waals surface area contributed by atoms with E-state index in [1.807, 2.05) is 0 Å². The number of rotatable bonds is 7. The maximum atomic E-state index is 12.9. The van der Waals surface area contributed by atoms with Crippen LogP contribution in [-0.2, 0) is 22.5 Å². The van der Waals surface area contributed by atoms with Crippen LogP contribution in [0, 0.1) is 11.5 Å². The van der Waals surface area contributed by atoms with Crippen LogP contribution < -0.4 is 5.32 Å². The van der Waals surface area contributed by atoms with Crippen molar-refractivity contribution in [2.24, 2.45) is 15.3 Å². The summed E-state index contributed by atoms with van der Waals surface area (Å²) in [5, 5.41) is 19.3. The largest absolute Gasteiger partial charge is 0.416 e. The van der Waals surface area contributed by atoms with Gasteiger partial charge < -0.3 is 9.68 Å². The Labute approximate surface area is 177 Å². The van der Waals surface area contributed by atoms with Gasteiger partial charge in [0, 0.05) is 18.2 Å². The lowest BCUT2D eigenvalue weighted by atomic mass is 10.0. The number of nitrogens with one attached hydrogen (secondary N) is 1. The summed E-state index contributed by atoms with van der Waals surface area (Å²) in [7, 11) is 2.86. The van der Waals surface area contributed by atoms with Gasteiger partial charge in [-0.1, -0.05) is 46.7 Å². The van der Waals surface area contributed by atoms with E-state index in [-0.39, 0.29) is 23.9 Å². The number of nitriles is 1. The summed E-state index contributed by atoms with van der Waals surface area (Å²) < 4.78 is 38.7. The van der Waals surface area contributed by atoms with Gasteiger partial charge in [-0.05, 0) is 24.6 Å². The minimum atomic E-state index is -4.44. The van der Waals surface area contributed by atoms with Gasteiger partial charge in [0.2, 0.25) is 0 Å². The van der Waals surface area contributed by atoms with Gasteiger partial charge in [0.15, 0.2) is 17.7 Å². The quantitative estimate of drug-likeness (QED) is 0.235. The second-order valence-corrected chi connectivity index (χ2v) is 6.12. The lowest BCUT2D eigenvalue weighted by molar-refractivity contribution is -0.137. The first-order chi connectivity index (χ1) is 14.8. The molecule has 0 spiro atoms. The van der Waals surface area contributed by atoms with E-state index in [0.29, 0.717) is 16.7 Å². The second kappa shape index (κ2) is 10.8. The lowest BCUT2D eigenvalue weighted by Crippen LogP contribution is -2.29. The third-order valence-corrected chi connectivity index (χ3v) is 4.11. The molecule has 0 fully saturated rings. The highest BCUT2D eigenvalue weighted by Gasteiger charge is 2.30. The van der Waals surface area contributed by atoms with E-state index >= 15 is 0 Å². The van der Waals surface area contributed by atoms with E-state index in [9.17, 15) is 13.2 Å². The molecule has 2 aromatic carbocycles. The van der Waals surface area contributed by atoms with Gasteiger partial charge in [-0.2, -0.15) is 18.4 Å². The maximum absolute atomic E-state index is 12.9. The molecular weight excluding hydrogens is 411 g/mol. The van der Waals surface area contributed by atoms with Gasteiger partial charge in [-0.15, -0.1) is 0 Å². The van der Waals surface area contributed by atoms with Gasteiger partial charge >= 0.3 is 6.18 Å². The van der Waals surface area contributed by atoms with Gasteiger partial charge in [0.25, 0.3) is 0 Å². The summed E-state index contributed by atoms with van der Waals surface area (Å²) >= 11 is 0. The molecule has 162 valence electrons. The summed E-state index contributed by atoms with van der Waals surface area (Å²) in [6.07, 6.45) is -2.65. The molecular formula is C21H20F3N5O2. The van der Waals surface area contributed by atoms with Crippen molar-refractivity contribution >= 4 is 17.3 Å². The number of hydrogen-bond acceptors (Lipinski definition) is 6. The highest BCUT2D eigenvalue weighted by atomic mass is 19.4. The van der Waals surface area contributed by atoms with Crippen molar-refractivity contribution in [1.82, 2.24) is 5.32 Å². The van der Waals surface area contributed by atoms with Gasteiger partial charge in [-0.25, -0.2) is 0 Å². The molecule has 0 atom stereocenters. The Bertz CT molecular complexity index is 1040. The first kappa shape index (κ1) is 23.4. The van der Waals surface area contributed by atoms with Crippen molar-refractivity contribution in [3.05, 3.63) is 70.8 Å². The molecule has 2 aromatic rings. The fourth-order valence-electron chi connectivity index (χ4n) is 2.63. The standard InChI is InChI=1S/C21H20F3N5O2/c1-14(15-8-6-9-17(11-15)21(22,23)24)28-31-12-16-7-4-5-10-18(16)19(29-30-3)20(26-2)27-13-25/h4-11H,12H2,1-3H3,(H,26,27)/b28-14-,29-19+. The molecule has 0 saturated heterocycles. The molecule has 0 aliphatic heterocycles. The molecule has 2 rings (SSSR count). The highest BCUT2D eigenvalue weighted by molar-refractivity contribution is 6.48. The van der Waals surface area contributed by atoms with E-state index in [1.54, 1.807) is 37.4 Å². The molecule has 0 aliphatic rings.